The smallest absolute Gasteiger partial charge is 0.333 e. The van der Waals surface area contributed by atoms with E-state index < -0.39 is 12.0 Å². The number of benzene rings is 2. The lowest BCUT2D eigenvalue weighted by Gasteiger charge is -2.25. The van der Waals surface area contributed by atoms with Crippen LogP contribution in [-0.4, -0.2) is 49.4 Å². The van der Waals surface area contributed by atoms with Gasteiger partial charge in [-0.25, -0.2) is 4.79 Å². The number of nitrogens with zero attached hydrogens (tertiary/aromatic N) is 1. The van der Waals surface area contributed by atoms with Crippen LogP contribution >= 0.6 is 12.4 Å². The van der Waals surface area contributed by atoms with Crippen molar-refractivity contribution < 1.29 is 19.1 Å². The lowest BCUT2D eigenvalue weighted by atomic mass is 9.95. The Kier molecular flexibility index (Phi) is 11.0. The van der Waals surface area contributed by atoms with Gasteiger partial charge in [0.05, 0.1) is 7.11 Å². The molecular weight excluding hydrogens is 480 g/mol. The summed E-state index contributed by atoms with van der Waals surface area (Å²) in [7, 11) is 1.35. The van der Waals surface area contributed by atoms with Crippen molar-refractivity contribution in [2.75, 3.05) is 32.1 Å². The van der Waals surface area contributed by atoms with E-state index in [-0.39, 0.29) is 30.8 Å². The molecule has 4 N–H and O–H groups in total. The van der Waals surface area contributed by atoms with Crippen molar-refractivity contribution >= 4 is 35.8 Å². The van der Waals surface area contributed by atoms with Crippen LogP contribution < -0.4 is 15.8 Å². The van der Waals surface area contributed by atoms with Crippen LogP contribution in [-0.2, 0) is 27.2 Å². The van der Waals surface area contributed by atoms with Crippen molar-refractivity contribution in [2.45, 2.75) is 52.0 Å². The highest BCUT2D eigenvalue weighted by Gasteiger charge is 2.28. The van der Waals surface area contributed by atoms with Gasteiger partial charge < -0.3 is 25.4 Å². The summed E-state index contributed by atoms with van der Waals surface area (Å²) in [5, 5.41) is 10.8. The van der Waals surface area contributed by atoms with E-state index in [1.54, 1.807) is 24.3 Å². The van der Waals surface area contributed by atoms with Gasteiger partial charge in [-0.05, 0) is 67.1 Å². The predicted molar refractivity (Wildman–Crippen MR) is 144 cm³/mol. The summed E-state index contributed by atoms with van der Waals surface area (Å²) in [4.78, 5) is 27.5. The van der Waals surface area contributed by atoms with Gasteiger partial charge in [0.1, 0.15) is 11.6 Å². The number of halogens is 1. The molecule has 196 valence electrons. The Morgan fingerprint density at radius 2 is 1.81 bits per heavy atom. The Morgan fingerprint density at radius 3 is 2.36 bits per heavy atom. The Hall–Kier alpha value is -3.26. The number of anilines is 1. The number of ether oxygens (including phenoxy) is 2. The molecule has 3 rings (SSSR count). The Balaban J connectivity index is 0.00000456. The largest absolute Gasteiger partial charge is 0.483 e. The first-order chi connectivity index (χ1) is 16.9. The molecule has 1 fully saturated rings. The molecule has 0 saturated carbocycles. The molecule has 1 aliphatic heterocycles. The first-order valence-corrected chi connectivity index (χ1v) is 12.2. The number of amidine groups is 1. The van der Waals surface area contributed by atoms with Crippen molar-refractivity contribution in [3.8, 4) is 5.75 Å². The first-order valence-electron chi connectivity index (χ1n) is 12.2. The van der Waals surface area contributed by atoms with E-state index >= 15 is 0 Å². The van der Waals surface area contributed by atoms with Crippen LogP contribution in [0.2, 0.25) is 0 Å². The maximum absolute atomic E-state index is 13.0. The molecule has 0 bridgehead atoms. The summed E-state index contributed by atoms with van der Waals surface area (Å²) < 4.78 is 11.3. The monoisotopic (exact) mass is 516 g/mol. The van der Waals surface area contributed by atoms with Crippen LogP contribution in [0.4, 0.5) is 5.69 Å². The zero-order chi connectivity index (χ0) is 25.4. The summed E-state index contributed by atoms with van der Waals surface area (Å²) in [6, 6.07) is 10.2. The van der Waals surface area contributed by atoms with E-state index in [9.17, 15) is 9.59 Å². The molecule has 0 radical (unpaired) electrons. The fraction of sp³-hybridized carbons (Fsp3) is 0.444. The molecule has 0 aromatic heterocycles. The van der Waals surface area contributed by atoms with E-state index in [1.165, 1.54) is 7.11 Å². The summed E-state index contributed by atoms with van der Waals surface area (Å²) in [6.07, 6.45) is 4.47. The topological polar surface area (TPSA) is 118 Å². The van der Waals surface area contributed by atoms with Crippen LogP contribution in [0.1, 0.15) is 61.4 Å². The molecule has 1 heterocycles. The van der Waals surface area contributed by atoms with Crippen LogP contribution in [0, 0.1) is 5.41 Å². The maximum Gasteiger partial charge on any atom is 0.333 e. The number of nitrogen functional groups attached to an aromatic ring is 1. The number of hydrogen-bond donors (Lipinski definition) is 3. The van der Waals surface area contributed by atoms with Gasteiger partial charge in [-0.3, -0.25) is 10.2 Å². The minimum absolute atomic E-state index is 0. The molecular formula is C27H37ClN4O4. The fourth-order valence-electron chi connectivity index (χ4n) is 4.32. The number of nitrogens with two attached hydrogens (primary N) is 1. The molecule has 0 aliphatic carbocycles. The van der Waals surface area contributed by atoms with Crippen molar-refractivity contribution in [3.63, 3.8) is 0 Å². The lowest BCUT2D eigenvalue weighted by Crippen LogP contribution is -2.32. The SMILES string of the molecule is CCCc1cc(CC)cc(C(Nc2ccc(C(=N)N)cc2)C(=O)OC)c1OCC(=O)N1CCCC1.Cl. The van der Waals surface area contributed by atoms with Gasteiger partial charge in [-0.15, -0.1) is 12.4 Å². The molecule has 0 spiro atoms. The molecule has 2 aromatic rings. The molecule has 1 aliphatic rings. The number of rotatable bonds is 11. The minimum atomic E-state index is -0.845. The number of carbonyl (C=O) groups is 2. The highest BCUT2D eigenvalue weighted by atomic mass is 35.5. The minimum Gasteiger partial charge on any atom is -0.483 e. The molecule has 1 atom stereocenters. The normalized spacial score (nSPS) is 13.5. The van der Waals surface area contributed by atoms with Crippen molar-refractivity contribution in [1.29, 1.82) is 5.41 Å². The Morgan fingerprint density at radius 1 is 1.14 bits per heavy atom. The van der Waals surface area contributed by atoms with Crippen LogP contribution in [0.5, 0.6) is 5.75 Å². The van der Waals surface area contributed by atoms with Crippen molar-refractivity contribution in [2.24, 2.45) is 5.73 Å². The average molecular weight is 517 g/mol. The predicted octanol–water partition coefficient (Wildman–Crippen LogP) is 4.23. The number of carbonyl (C=O) groups excluding carboxylic acids is 2. The van der Waals surface area contributed by atoms with Gasteiger partial charge in [0.2, 0.25) is 0 Å². The fourth-order valence-corrected chi connectivity index (χ4v) is 4.32. The average Bonchev–Trinajstić information content (AvgIpc) is 3.41. The van der Waals surface area contributed by atoms with E-state index in [0.717, 1.165) is 56.3 Å². The van der Waals surface area contributed by atoms with E-state index in [1.807, 2.05) is 11.0 Å². The van der Waals surface area contributed by atoms with Gasteiger partial charge in [0, 0.05) is 29.9 Å². The van der Waals surface area contributed by atoms with Gasteiger partial charge in [-0.1, -0.05) is 26.3 Å². The number of methoxy groups -OCH3 is 1. The summed E-state index contributed by atoms with van der Waals surface area (Å²) in [5.74, 6) is 0.0176. The number of likely N-dealkylation sites (tertiary alicyclic amines) is 1. The molecule has 36 heavy (non-hydrogen) atoms. The second-order valence-corrected chi connectivity index (χ2v) is 8.74. The second kappa shape index (κ2) is 13.7. The van der Waals surface area contributed by atoms with Gasteiger partial charge in [-0.2, -0.15) is 0 Å². The maximum atomic E-state index is 13.0. The number of esters is 1. The molecule has 1 unspecified atom stereocenters. The summed E-state index contributed by atoms with van der Waals surface area (Å²) in [5.41, 5.74) is 9.51. The van der Waals surface area contributed by atoms with E-state index in [4.69, 9.17) is 20.6 Å². The molecule has 1 amide bonds. The number of amides is 1. The summed E-state index contributed by atoms with van der Waals surface area (Å²) >= 11 is 0. The molecule has 2 aromatic carbocycles. The number of hydrogen-bond acceptors (Lipinski definition) is 6. The third-order valence-electron chi connectivity index (χ3n) is 6.24. The van der Waals surface area contributed by atoms with Gasteiger partial charge in [0.25, 0.3) is 5.91 Å². The quantitative estimate of drug-likeness (QED) is 0.233. The zero-order valence-corrected chi connectivity index (χ0v) is 22.1. The highest BCUT2D eigenvalue weighted by molar-refractivity contribution is 5.95. The van der Waals surface area contributed by atoms with Crippen LogP contribution in [0.15, 0.2) is 36.4 Å². The lowest BCUT2D eigenvalue weighted by molar-refractivity contribution is -0.141. The summed E-state index contributed by atoms with van der Waals surface area (Å²) in [6.45, 7) is 5.59. The van der Waals surface area contributed by atoms with Crippen LogP contribution in [0.3, 0.4) is 0 Å². The molecule has 1 saturated heterocycles. The van der Waals surface area contributed by atoms with Gasteiger partial charge in [0.15, 0.2) is 12.6 Å². The Labute approximate surface area is 219 Å². The first kappa shape index (κ1) is 29.0. The van der Waals surface area contributed by atoms with E-state index in [2.05, 4.69) is 25.2 Å². The van der Waals surface area contributed by atoms with E-state index in [0.29, 0.717) is 22.6 Å². The molecule has 8 nitrogen and oxygen atoms in total. The number of aryl methyl sites for hydroxylation is 2. The number of nitrogens with one attached hydrogen (secondary N) is 2. The van der Waals surface area contributed by atoms with Crippen LogP contribution in [0.25, 0.3) is 0 Å². The van der Waals surface area contributed by atoms with Gasteiger partial charge >= 0.3 is 5.97 Å². The third-order valence-corrected chi connectivity index (χ3v) is 6.24. The Bertz CT molecular complexity index is 1050. The van der Waals surface area contributed by atoms with Crippen molar-refractivity contribution in [1.82, 2.24) is 4.90 Å². The standard InChI is InChI=1S/C27H36N4O4.ClH/c1-4-8-20-15-18(5-2)16-22(25(20)35-17-23(32)31-13-6-7-14-31)24(27(33)34-3)30-21-11-9-19(10-12-21)26(28)29;/h9-12,15-16,24,30H,4-8,13-14,17H2,1-3H3,(H3,28,29);1H. The zero-order valence-electron chi connectivity index (χ0n) is 21.3. The second-order valence-electron chi connectivity index (χ2n) is 8.74. The highest BCUT2D eigenvalue weighted by Crippen LogP contribution is 2.35. The molecule has 9 heteroatoms. The third kappa shape index (κ3) is 7.13. The van der Waals surface area contributed by atoms with Crippen molar-refractivity contribution in [3.05, 3.63) is 58.7 Å².